The lowest BCUT2D eigenvalue weighted by Crippen LogP contribution is -2.33. The van der Waals surface area contributed by atoms with Gasteiger partial charge in [-0.2, -0.15) is 0 Å². The molecular formula is C9H11Cl2N3O2. The molecule has 0 bridgehead atoms. The molecule has 0 unspecified atom stereocenters. The molecule has 0 radical (unpaired) electrons. The zero-order valence-electron chi connectivity index (χ0n) is 8.67. The molecule has 0 aliphatic carbocycles. The number of hydrogen-bond donors (Lipinski definition) is 1. The Morgan fingerprint density at radius 1 is 1.56 bits per heavy atom. The average molecular weight is 264 g/mol. The highest BCUT2D eigenvalue weighted by Crippen LogP contribution is 2.12. The van der Waals surface area contributed by atoms with Crippen molar-refractivity contribution in [2.75, 3.05) is 6.54 Å². The maximum Gasteiger partial charge on any atom is 0.274 e. The normalized spacial score (nSPS) is 10.2. The highest BCUT2D eigenvalue weighted by Gasteiger charge is 2.09. The van der Waals surface area contributed by atoms with Gasteiger partial charge in [0.05, 0.1) is 6.33 Å². The third kappa shape index (κ3) is 3.21. The van der Waals surface area contributed by atoms with E-state index in [9.17, 15) is 9.59 Å². The Bertz CT molecular complexity index is 445. The molecule has 0 aromatic carbocycles. The predicted molar refractivity (Wildman–Crippen MR) is 61.8 cm³/mol. The maximum atomic E-state index is 11.5. The molecule has 1 rings (SSSR count). The van der Waals surface area contributed by atoms with E-state index in [-0.39, 0.29) is 22.6 Å². The fourth-order valence-electron chi connectivity index (χ4n) is 1.03. The first-order valence-corrected chi connectivity index (χ1v) is 5.49. The third-order valence-corrected chi connectivity index (χ3v) is 2.55. The van der Waals surface area contributed by atoms with Crippen LogP contribution in [0.5, 0.6) is 0 Å². The van der Waals surface area contributed by atoms with Gasteiger partial charge in [0.2, 0.25) is 5.91 Å². The van der Waals surface area contributed by atoms with E-state index in [0.717, 1.165) is 11.0 Å². The molecule has 1 heterocycles. The van der Waals surface area contributed by atoms with Crippen LogP contribution in [0.15, 0.2) is 11.1 Å². The molecule has 5 nitrogen and oxygen atoms in total. The standard InChI is InChI=1S/C9H11Cl2N3O2/c1-2-3-12-6(15)4-14-5-13-8(11)7(10)9(14)16/h5H,2-4H2,1H3,(H,12,15). The molecule has 0 atom stereocenters. The van der Waals surface area contributed by atoms with Gasteiger partial charge >= 0.3 is 0 Å². The molecule has 0 aliphatic heterocycles. The van der Waals surface area contributed by atoms with Crippen LogP contribution in [0.4, 0.5) is 0 Å². The minimum absolute atomic E-state index is 0.0584. The Morgan fingerprint density at radius 2 is 2.25 bits per heavy atom. The lowest BCUT2D eigenvalue weighted by molar-refractivity contribution is -0.121. The van der Waals surface area contributed by atoms with Gasteiger partial charge in [-0.1, -0.05) is 30.1 Å². The molecule has 1 N–H and O–H groups in total. The van der Waals surface area contributed by atoms with E-state index in [0.29, 0.717) is 6.54 Å². The van der Waals surface area contributed by atoms with Gasteiger partial charge in [0, 0.05) is 6.54 Å². The van der Waals surface area contributed by atoms with Gasteiger partial charge in [0.15, 0.2) is 5.15 Å². The summed E-state index contributed by atoms with van der Waals surface area (Å²) in [6.07, 6.45) is 2.03. The van der Waals surface area contributed by atoms with Gasteiger partial charge in [-0.25, -0.2) is 4.98 Å². The summed E-state index contributed by atoms with van der Waals surface area (Å²) in [6.45, 7) is 2.40. The second-order valence-electron chi connectivity index (χ2n) is 3.13. The number of carbonyl (C=O) groups is 1. The summed E-state index contributed by atoms with van der Waals surface area (Å²) in [5.41, 5.74) is -0.520. The van der Waals surface area contributed by atoms with Gasteiger partial charge in [-0.05, 0) is 6.42 Å². The summed E-state index contributed by atoms with van der Waals surface area (Å²) in [5.74, 6) is -0.260. The zero-order valence-corrected chi connectivity index (χ0v) is 10.2. The Balaban J connectivity index is 2.79. The van der Waals surface area contributed by atoms with E-state index in [4.69, 9.17) is 23.2 Å². The van der Waals surface area contributed by atoms with E-state index in [1.54, 1.807) is 0 Å². The van der Waals surface area contributed by atoms with Gasteiger partial charge in [-0.3, -0.25) is 14.2 Å². The Hall–Kier alpha value is -1.07. The Kier molecular flexibility index (Phi) is 4.76. The predicted octanol–water partition coefficient (Wildman–Crippen LogP) is 1.08. The van der Waals surface area contributed by atoms with Crippen molar-refractivity contribution in [1.29, 1.82) is 0 Å². The summed E-state index contributed by atoms with van der Waals surface area (Å²) in [4.78, 5) is 26.6. The highest BCUT2D eigenvalue weighted by molar-refractivity contribution is 6.40. The Labute approximate surface area is 102 Å². The first kappa shape index (κ1) is 13.0. The van der Waals surface area contributed by atoms with Gasteiger partial charge in [0.1, 0.15) is 11.6 Å². The van der Waals surface area contributed by atoms with Crippen LogP contribution in [-0.4, -0.2) is 22.0 Å². The van der Waals surface area contributed by atoms with E-state index in [2.05, 4.69) is 10.3 Å². The van der Waals surface area contributed by atoms with Crippen molar-refractivity contribution in [3.05, 3.63) is 26.9 Å². The third-order valence-electron chi connectivity index (χ3n) is 1.83. The molecule has 0 fully saturated rings. The van der Waals surface area contributed by atoms with E-state index in [1.807, 2.05) is 6.92 Å². The monoisotopic (exact) mass is 263 g/mol. The molecular weight excluding hydrogens is 253 g/mol. The van der Waals surface area contributed by atoms with Crippen molar-refractivity contribution in [3.63, 3.8) is 0 Å². The van der Waals surface area contributed by atoms with E-state index >= 15 is 0 Å². The number of nitrogens with zero attached hydrogens (tertiary/aromatic N) is 2. The SMILES string of the molecule is CCCNC(=O)Cn1cnc(Cl)c(Cl)c1=O. The number of amides is 1. The smallest absolute Gasteiger partial charge is 0.274 e. The fraction of sp³-hybridized carbons (Fsp3) is 0.444. The number of rotatable bonds is 4. The second kappa shape index (κ2) is 5.86. The zero-order chi connectivity index (χ0) is 12.1. The molecule has 1 aromatic rings. The largest absolute Gasteiger partial charge is 0.355 e. The molecule has 1 aromatic heterocycles. The fourth-order valence-corrected chi connectivity index (χ4v) is 1.31. The average Bonchev–Trinajstić information content (AvgIpc) is 2.27. The molecule has 7 heteroatoms. The molecule has 16 heavy (non-hydrogen) atoms. The van der Waals surface area contributed by atoms with Gasteiger partial charge < -0.3 is 5.32 Å². The van der Waals surface area contributed by atoms with Crippen LogP contribution < -0.4 is 10.9 Å². The first-order valence-electron chi connectivity index (χ1n) is 4.73. The summed E-state index contributed by atoms with van der Waals surface area (Å²) in [7, 11) is 0. The molecule has 0 saturated heterocycles. The maximum absolute atomic E-state index is 11.5. The van der Waals surface area contributed by atoms with Crippen LogP contribution in [0.1, 0.15) is 13.3 Å². The topological polar surface area (TPSA) is 64.0 Å². The van der Waals surface area contributed by atoms with Crippen LogP contribution in [0.2, 0.25) is 10.2 Å². The lowest BCUT2D eigenvalue weighted by atomic mass is 10.4. The van der Waals surface area contributed by atoms with Crippen LogP contribution in [0.25, 0.3) is 0 Å². The molecule has 0 saturated carbocycles. The van der Waals surface area contributed by atoms with Crippen LogP contribution in [0, 0.1) is 0 Å². The summed E-state index contributed by atoms with van der Waals surface area (Å²) >= 11 is 11.2. The molecule has 1 amide bonds. The summed E-state index contributed by atoms with van der Waals surface area (Å²) < 4.78 is 1.11. The number of nitrogens with one attached hydrogen (secondary N) is 1. The van der Waals surface area contributed by atoms with Crippen LogP contribution >= 0.6 is 23.2 Å². The van der Waals surface area contributed by atoms with Gasteiger partial charge in [-0.15, -0.1) is 0 Å². The lowest BCUT2D eigenvalue weighted by Gasteiger charge is -2.06. The van der Waals surface area contributed by atoms with Crippen molar-refractivity contribution in [2.45, 2.75) is 19.9 Å². The number of carbonyl (C=O) groups excluding carboxylic acids is 1. The molecule has 0 aliphatic rings. The van der Waals surface area contributed by atoms with E-state index in [1.165, 1.54) is 6.33 Å². The summed E-state index contributed by atoms with van der Waals surface area (Å²) in [5, 5.41) is 2.41. The molecule has 0 spiro atoms. The minimum atomic E-state index is -0.520. The van der Waals surface area contributed by atoms with E-state index < -0.39 is 5.56 Å². The van der Waals surface area contributed by atoms with Crippen molar-refractivity contribution in [3.8, 4) is 0 Å². The quantitative estimate of drug-likeness (QED) is 0.827. The number of aromatic nitrogens is 2. The van der Waals surface area contributed by atoms with Crippen molar-refractivity contribution in [1.82, 2.24) is 14.9 Å². The van der Waals surface area contributed by atoms with Gasteiger partial charge in [0.25, 0.3) is 5.56 Å². The Morgan fingerprint density at radius 3 is 2.88 bits per heavy atom. The number of halogens is 2. The van der Waals surface area contributed by atoms with Crippen molar-refractivity contribution < 1.29 is 4.79 Å². The van der Waals surface area contributed by atoms with Crippen molar-refractivity contribution >= 4 is 29.1 Å². The minimum Gasteiger partial charge on any atom is -0.355 e. The van der Waals surface area contributed by atoms with Crippen LogP contribution in [0.3, 0.4) is 0 Å². The second-order valence-corrected chi connectivity index (χ2v) is 3.87. The van der Waals surface area contributed by atoms with Crippen molar-refractivity contribution in [2.24, 2.45) is 0 Å². The first-order chi connectivity index (χ1) is 7.56. The highest BCUT2D eigenvalue weighted by atomic mass is 35.5. The summed E-state index contributed by atoms with van der Waals surface area (Å²) in [6, 6.07) is 0. The molecule has 88 valence electrons. The number of hydrogen-bond acceptors (Lipinski definition) is 3. The van der Waals surface area contributed by atoms with Crippen LogP contribution in [-0.2, 0) is 11.3 Å².